The number of carboxylic acids is 1. The smallest absolute Gasteiger partial charge is 0.328 e. The number of pyridine rings is 1. The van der Waals surface area contributed by atoms with Gasteiger partial charge in [-0.05, 0) is 12.1 Å². The van der Waals surface area contributed by atoms with Gasteiger partial charge in [0.1, 0.15) is 0 Å². The van der Waals surface area contributed by atoms with E-state index in [1.54, 1.807) is 30.3 Å². The fourth-order valence-electron chi connectivity index (χ4n) is 2.25. The van der Waals surface area contributed by atoms with Crippen LogP contribution in [0.2, 0.25) is 0 Å². The molecule has 0 bridgehead atoms. The summed E-state index contributed by atoms with van der Waals surface area (Å²) >= 11 is 0. The first-order valence-corrected chi connectivity index (χ1v) is 5.96. The van der Waals surface area contributed by atoms with E-state index in [0.717, 1.165) is 6.08 Å². The quantitative estimate of drug-likeness (QED) is 0.775. The first-order chi connectivity index (χ1) is 9.66. The normalized spacial score (nSPS) is 15.0. The molecular weight excluding hydrogens is 256 g/mol. The summed E-state index contributed by atoms with van der Waals surface area (Å²) in [6.07, 6.45) is 4.11. The number of hydrogen-bond acceptors (Lipinski definition) is 3. The Labute approximate surface area is 114 Å². The van der Waals surface area contributed by atoms with Crippen LogP contribution in [0.4, 0.5) is 5.69 Å². The van der Waals surface area contributed by atoms with E-state index >= 15 is 0 Å². The summed E-state index contributed by atoms with van der Waals surface area (Å²) in [5, 5.41) is 11.9. The summed E-state index contributed by atoms with van der Waals surface area (Å²) in [4.78, 5) is 27.3. The predicted octanol–water partition coefficient (Wildman–Crippen LogP) is 2.16. The zero-order valence-corrected chi connectivity index (χ0v) is 10.3. The number of nitrogens with zero attached hydrogens (tertiary/aromatic N) is 1. The number of benzene rings is 1. The molecule has 0 aliphatic carbocycles. The topological polar surface area (TPSA) is 79.3 Å². The fraction of sp³-hybridized carbons (Fsp3) is 0. The van der Waals surface area contributed by atoms with Crippen LogP contribution in [-0.4, -0.2) is 22.0 Å². The molecule has 0 radical (unpaired) electrons. The maximum atomic E-state index is 12.2. The number of para-hydroxylation sites is 1. The number of carbonyl (C=O) groups is 2. The van der Waals surface area contributed by atoms with E-state index in [4.69, 9.17) is 5.11 Å². The van der Waals surface area contributed by atoms with Gasteiger partial charge in [-0.25, -0.2) is 4.79 Å². The molecule has 1 amide bonds. The molecule has 2 aromatic rings. The number of nitrogens with one attached hydrogen (secondary N) is 1. The maximum Gasteiger partial charge on any atom is 0.328 e. The number of aliphatic carboxylic acids is 1. The van der Waals surface area contributed by atoms with Gasteiger partial charge in [0.25, 0.3) is 5.91 Å². The van der Waals surface area contributed by atoms with Crippen molar-refractivity contribution in [3.05, 3.63) is 65.5 Å². The molecule has 0 unspecified atom stereocenters. The molecule has 1 aromatic carbocycles. The van der Waals surface area contributed by atoms with Crippen LogP contribution in [0, 0.1) is 0 Å². The van der Waals surface area contributed by atoms with Crippen LogP contribution < -0.4 is 5.32 Å². The van der Waals surface area contributed by atoms with Crippen molar-refractivity contribution < 1.29 is 14.7 Å². The number of fused-ring (bicyclic) bond motifs is 2. The van der Waals surface area contributed by atoms with Crippen LogP contribution in [0.25, 0.3) is 5.57 Å². The Bertz CT molecular complexity index is 750. The van der Waals surface area contributed by atoms with Crippen LogP contribution >= 0.6 is 0 Å². The van der Waals surface area contributed by atoms with Gasteiger partial charge in [0.2, 0.25) is 0 Å². The average Bonchev–Trinajstić information content (AvgIpc) is 2.55. The van der Waals surface area contributed by atoms with Crippen LogP contribution in [0.15, 0.2) is 48.8 Å². The SMILES string of the molecule is O=C(O)/C=C1/c2ccccc2NC(=O)c2ccncc21. The number of carboxylic acid groups (broad SMARTS) is 1. The molecule has 5 heteroatoms. The third-order valence-corrected chi connectivity index (χ3v) is 3.09. The minimum atomic E-state index is -1.07. The minimum Gasteiger partial charge on any atom is -0.478 e. The van der Waals surface area contributed by atoms with Gasteiger partial charge in [-0.15, -0.1) is 0 Å². The molecule has 98 valence electrons. The molecule has 20 heavy (non-hydrogen) atoms. The van der Waals surface area contributed by atoms with E-state index in [1.165, 1.54) is 12.4 Å². The molecule has 1 aromatic heterocycles. The Balaban J connectivity index is 2.35. The van der Waals surface area contributed by atoms with Crippen molar-refractivity contribution in [3.8, 4) is 0 Å². The second-order valence-corrected chi connectivity index (χ2v) is 4.32. The molecule has 5 nitrogen and oxygen atoms in total. The zero-order chi connectivity index (χ0) is 14.1. The maximum absolute atomic E-state index is 12.2. The Hall–Kier alpha value is -2.95. The number of hydrogen-bond donors (Lipinski definition) is 2. The van der Waals surface area contributed by atoms with Crippen molar-refractivity contribution in [2.45, 2.75) is 0 Å². The molecular formula is C15H10N2O3. The van der Waals surface area contributed by atoms with E-state index in [1.807, 2.05) is 0 Å². The Kier molecular flexibility index (Phi) is 2.80. The van der Waals surface area contributed by atoms with Crippen molar-refractivity contribution >= 4 is 23.1 Å². The summed E-state index contributed by atoms with van der Waals surface area (Å²) < 4.78 is 0. The van der Waals surface area contributed by atoms with Crippen molar-refractivity contribution in [1.82, 2.24) is 4.98 Å². The summed E-state index contributed by atoms with van der Waals surface area (Å²) in [5.74, 6) is -1.34. The lowest BCUT2D eigenvalue weighted by Gasteiger charge is -2.08. The van der Waals surface area contributed by atoms with Crippen molar-refractivity contribution in [1.29, 1.82) is 0 Å². The summed E-state index contributed by atoms with van der Waals surface area (Å²) in [7, 11) is 0. The van der Waals surface area contributed by atoms with E-state index in [-0.39, 0.29) is 5.91 Å². The number of aromatic nitrogens is 1. The van der Waals surface area contributed by atoms with Crippen molar-refractivity contribution in [2.24, 2.45) is 0 Å². The highest BCUT2D eigenvalue weighted by molar-refractivity contribution is 6.14. The highest BCUT2D eigenvalue weighted by atomic mass is 16.4. The fourth-order valence-corrected chi connectivity index (χ4v) is 2.25. The highest BCUT2D eigenvalue weighted by Crippen LogP contribution is 2.34. The Morgan fingerprint density at radius 3 is 2.75 bits per heavy atom. The highest BCUT2D eigenvalue weighted by Gasteiger charge is 2.23. The van der Waals surface area contributed by atoms with Gasteiger partial charge in [-0.2, -0.15) is 0 Å². The van der Waals surface area contributed by atoms with Crippen LogP contribution in [0.3, 0.4) is 0 Å². The van der Waals surface area contributed by atoms with Crippen molar-refractivity contribution in [3.63, 3.8) is 0 Å². The summed E-state index contributed by atoms with van der Waals surface area (Å²) in [6, 6.07) is 8.66. The number of anilines is 1. The third kappa shape index (κ3) is 1.95. The Morgan fingerprint density at radius 1 is 1.15 bits per heavy atom. The van der Waals surface area contributed by atoms with Gasteiger partial charge in [0.15, 0.2) is 0 Å². The lowest BCUT2D eigenvalue weighted by molar-refractivity contribution is -0.131. The molecule has 0 saturated carbocycles. The van der Waals surface area contributed by atoms with Crippen molar-refractivity contribution in [2.75, 3.05) is 5.32 Å². The summed E-state index contributed by atoms with van der Waals surface area (Å²) in [5.41, 5.74) is 2.63. The third-order valence-electron chi connectivity index (χ3n) is 3.09. The van der Waals surface area contributed by atoms with Gasteiger partial charge < -0.3 is 10.4 Å². The number of rotatable bonds is 1. The molecule has 1 aliphatic heterocycles. The predicted molar refractivity (Wildman–Crippen MR) is 73.3 cm³/mol. The molecule has 0 saturated heterocycles. The van der Waals surface area contributed by atoms with Gasteiger partial charge in [0.05, 0.1) is 5.56 Å². The second-order valence-electron chi connectivity index (χ2n) is 4.32. The molecule has 3 rings (SSSR count). The van der Waals surface area contributed by atoms with E-state index < -0.39 is 5.97 Å². The Morgan fingerprint density at radius 2 is 1.95 bits per heavy atom. The van der Waals surface area contributed by atoms with Gasteiger partial charge in [0, 0.05) is 40.9 Å². The number of amides is 1. The minimum absolute atomic E-state index is 0.274. The molecule has 2 heterocycles. The van der Waals surface area contributed by atoms with E-state index in [2.05, 4.69) is 10.3 Å². The van der Waals surface area contributed by atoms with E-state index in [0.29, 0.717) is 28.0 Å². The largest absolute Gasteiger partial charge is 0.478 e. The molecule has 0 spiro atoms. The molecule has 1 aliphatic rings. The first-order valence-electron chi connectivity index (χ1n) is 5.96. The van der Waals surface area contributed by atoms with E-state index in [9.17, 15) is 9.59 Å². The van der Waals surface area contributed by atoms with Gasteiger partial charge in [-0.3, -0.25) is 9.78 Å². The first kappa shape index (κ1) is 12.1. The molecule has 2 N–H and O–H groups in total. The van der Waals surface area contributed by atoms with Crippen LogP contribution in [0.5, 0.6) is 0 Å². The monoisotopic (exact) mass is 266 g/mol. The lowest BCUT2D eigenvalue weighted by Crippen LogP contribution is -2.11. The van der Waals surface area contributed by atoms with Gasteiger partial charge >= 0.3 is 5.97 Å². The second kappa shape index (κ2) is 4.62. The standard InChI is InChI=1S/C15H10N2O3/c18-14(19)7-11-9-3-1-2-4-13(9)17-15(20)10-5-6-16-8-12(10)11/h1-8H,(H,17,20)(H,18,19)/b11-7-. The lowest BCUT2D eigenvalue weighted by atomic mass is 9.95. The average molecular weight is 266 g/mol. The molecule has 0 fully saturated rings. The number of carbonyl (C=O) groups excluding carboxylic acids is 1. The zero-order valence-electron chi connectivity index (χ0n) is 10.3. The summed E-state index contributed by atoms with van der Waals surface area (Å²) in [6.45, 7) is 0. The molecule has 0 atom stereocenters. The van der Waals surface area contributed by atoms with Crippen LogP contribution in [0.1, 0.15) is 21.5 Å². The van der Waals surface area contributed by atoms with Gasteiger partial charge in [-0.1, -0.05) is 18.2 Å². The van der Waals surface area contributed by atoms with Crippen LogP contribution in [-0.2, 0) is 4.79 Å².